The first-order chi connectivity index (χ1) is 11.8. The van der Waals surface area contributed by atoms with Gasteiger partial charge in [0, 0.05) is 6.54 Å². The summed E-state index contributed by atoms with van der Waals surface area (Å²) in [5, 5.41) is 17.2. The van der Waals surface area contributed by atoms with E-state index in [-0.39, 0.29) is 12.6 Å². The lowest BCUT2D eigenvalue weighted by atomic mass is 10.1. The highest BCUT2D eigenvalue weighted by Gasteiger charge is 2.09. The Morgan fingerprint density at radius 2 is 1.67 bits per heavy atom. The minimum absolute atomic E-state index is 0.242. The third-order valence-corrected chi connectivity index (χ3v) is 3.48. The molecule has 3 rings (SSSR count). The van der Waals surface area contributed by atoms with Crippen LogP contribution in [0.2, 0.25) is 0 Å². The van der Waals surface area contributed by atoms with E-state index in [1.165, 1.54) is 5.56 Å². The highest BCUT2D eigenvalue weighted by Crippen LogP contribution is 2.06. The van der Waals surface area contributed by atoms with Crippen molar-refractivity contribution >= 4 is 6.03 Å². The SMILES string of the molecule is O=C(NCCc1ccccc1)NCc1nnnn1-c1ccccc1. The van der Waals surface area contributed by atoms with Gasteiger partial charge >= 0.3 is 6.03 Å². The minimum Gasteiger partial charge on any atom is -0.338 e. The summed E-state index contributed by atoms with van der Waals surface area (Å²) < 4.78 is 1.60. The van der Waals surface area contributed by atoms with Crippen LogP contribution in [-0.2, 0) is 13.0 Å². The highest BCUT2D eigenvalue weighted by atomic mass is 16.2. The van der Waals surface area contributed by atoms with Crippen LogP contribution in [-0.4, -0.2) is 32.8 Å². The van der Waals surface area contributed by atoms with Gasteiger partial charge in [-0.2, -0.15) is 4.68 Å². The molecule has 0 aliphatic carbocycles. The number of nitrogens with zero attached hydrogens (tertiary/aromatic N) is 4. The van der Waals surface area contributed by atoms with Gasteiger partial charge in [0.1, 0.15) is 0 Å². The number of benzene rings is 2. The Kier molecular flexibility index (Phi) is 5.14. The van der Waals surface area contributed by atoms with Gasteiger partial charge in [-0.15, -0.1) is 5.10 Å². The van der Waals surface area contributed by atoms with E-state index >= 15 is 0 Å². The van der Waals surface area contributed by atoms with Crippen molar-refractivity contribution in [3.8, 4) is 5.69 Å². The number of carbonyl (C=O) groups excluding carboxylic acids is 1. The van der Waals surface area contributed by atoms with E-state index in [0.717, 1.165) is 12.1 Å². The van der Waals surface area contributed by atoms with E-state index in [2.05, 4.69) is 26.2 Å². The summed E-state index contributed by atoms with van der Waals surface area (Å²) in [6, 6.07) is 19.3. The zero-order chi connectivity index (χ0) is 16.6. The van der Waals surface area contributed by atoms with E-state index in [1.807, 2.05) is 60.7 Å². The van der Waals surface area contributed by atoms with Gasteiger partial charge in [-0.25, -0.2) is 4.79 Å². The van der Waals surface area contributed by atoms with Crippen molar-refractivity contribution in [3.05, 3.63) is 72.1 Å². The van der Waals surface area contributed by atoms with Crippen molar-refractivity contribution in [1.29, 1.82) is 0 Å². The summed E-state index contributed by atoms with van der Waals surface area (Å²) >= 11 is 0. The van der Waals surface area contributed by atoms with Gasteiger partial charge in [0.25, 0.3) is 0 Å². The zero-order valence-electron chi connectivity index (χ0n) is 13.1. The molecule has 7 nitrogen and oxygen atoms in total. The van der Waals surface area contributed by atoms with Crippen molar-refractivity contribution in [3.63, 3.8) is 0 Å². The molecule has 0 saturated carbocycles. The molecule has 2 N–H and O–H groups in total. The van der Waals surface area contributed by atoms with Crippen LogP contribution < -0.4 is 10.6 Å². The van der Waals surface area contributed by atoms with Crippen molar-refractivity contribution in [2.45, 2.75) is 13.0 Å². The Bertz CT molecular complexity index is 772. The zero-order valence-corrected chi connectivity index (χ0v) is 13.1. The van der Waals surface area contributed by atoms with Crippen LogP contribution in [0.3, 0.4) is 0 Å². The maximum Gasteiger partial charge on any atom is 0.315 e. The maximum absolute atomic E-state index is 11.9. The fraction of sp³-hybridized carbons (Fsp3) is 0.176. The Morgan fingerprint density at radius 1 is 0.958 bits per heavy atom. The van der Waals surface area contributed by atoms with Gasteiger partial charge in [0.05, 0.1) is 12.2 Å². The summed E-state index contributed by atoms with van der Waals surface area (Å²) in [5.41, 5.74) is 2.04. The lowest BCUT2D eigenvalue weighted by Gasteiger charge is -2.08. The molecule has 0 unspecified atom stereocenters. The average Bonchev–Trinajstić information content (AvgIpc) is 3.10. The normalized spacial score (nSPS) is 10.3. The minimum atomic E-state index is -0.242. The van der Waals surface area contributed by atoms with Crippen molar-refractivity contribution in [2.75, 3.05) is 6.54 Å². The molecule has 0 fully saturated rings. The van der Waals surface area contributed by atoms with Crippen LogP contribution in [0.15, 0.2) is 60.7 Å². The molecule has 0 spiro atoms. The number of hydrogen-bond donors (Lipinski definition) is 2. The van der Waals surface area contributed by atoms with Crippen molar-refractivity contribution in [1.82, 2.24) is 30.8 Å². The van der Waals surface area contributed by atoms with Gasteiger partial charge in [0.2, 0.25) is 0 Å². The topological polar surface area (TPSA) is 84.7 Å². The predicted octanol–water partition coefficient (Wildman–Crippen LogP) is 1.70. The molecule has 122 valence electrons. The largest absolute Gasteiger partial charge is 0.338 e. The molecule has 1 heterocycles. The number of nitrogens with one attached hydrogen (secondary N) is 2. The smallest absolute Gasteiger partial charge is 0.315 e. The van der Waals surface area contributed by atoms with Crippen LogP contribution in [0.25, 0.3) is 5.69 Å². The predicted molar refractivity (Wildman–Crippen MR) is 89.5 cm³/mol. The number of tetrazole rings is 1. The van der Waals surface area contributed by atoms with Gasteiger partial charge in [0.15, 0.2) is 5.82 Å². The Hall–Kier alpha value is -3.22. The van der Waals surface area contributed by atoms with E-state index in [1.54, 1.807) is 4.68 Å². The molecule has 0 saturated heterocycles. The molecule has 0 radical (unpaired) electrons. The molecule has 24 heavy (non-hydrogen) atoms. The molecular formula is C17H18N6O. The number of aromatic nitrogens is 4. The Labute approximate surface area is 139 Å². The number of para-hydroxylation sites is 1. The summed E-state index contributed by atoms with van der Waals surface area (Å²) in [5.74, 6) is 0.569. The van der Waals surface area contributed by atoms with Crippen LogP contribution in [0.1, 0.15) is 11.4 Å². The number of rotatable bonds is 6. The molecule has 7 heteroatoms. The van der Waals surface area contributed by atoms with Gasteiger partial charge in [-0.3, -0.25) is 0 Å². The molecule has 0 aliphatic heterocycles. The van der Waals surface area contributed by atoms with Crippen LogP contribution in [0.4, 0.5) is 4.79 Å². The summed E-state index contributed by atoms with van der Waals surface area (Å²) in [6.07, 6.45) is 0.788. The summed E-state index contributed by atoms with van der Waals surface area (Å²) in [6.45, 7) is 0.818. The quantitative estimate of drug-likeness (QED) is 0.723. The fourth-order valence-corrected chi connectivity index (χ4v) is 2.27. The van der Waals surface area contributed by atoms with E-state index in [4.69, 9.17) is 0 Å². The lowest BCUT2D eigenvalue weighted by Crippen LogP contribution is -2.36. The Balaban J connectivity index is 1.48. The summed E-state index contributed by atoms with van der Waals surface area (Å²) in [4.78, 5) is 11.9. The van der Waals surface area contributed by atoms with Gasteiger partial charge in [-0.05, 0) is 34.5 Å². The first kappa shape index (κ1) is 15.7. The van der Waals surface area contributed by atoms with Crippen molar-refractivity contribution < 1.29 is 4.79 Å². The van der Waals surface area contributed by atoms with Crippen LogP contribution >= 0.6 is 0 Å². The lowest BCUT2D eigenvalue weighted by molar-refractivity contribution is 0.240. The monoisotopic (exact) mass is 322 g/mol. The van der Waals surface area contributed by atoms with E-state index in [0.29, 0.717) is 12.4 Å². The molecular weight excluding hydrogens is 304 g/mol. The number of hydrogen-bond acceptors (Lipinski definition) is 4. The molecule has 1 aromatic heterocycles. The number of urea groups is 1. The maximum atomic E-state index is 11.9. The first-order valence-corrected chi connectivity index (χ1v) is 7.71. The highest BCUT2D eigenvalue weighted by molar-refractivity contribution is 5.73. The summed E-state index contributed by atoms with van der Waals surface area (Å²) in [7, 11) is 0. The standard InChI is InChI=1S/C17H18N6O/c24-17(18-12-11-14-7-3-1-4-8-14)19-13-16-20-21-22-23(16)15-9-5-2-6-10-15/h1-10H,11-13H2,(H2,18,19,24). The molecule has 2 aromatic carbocycles. The fourth-order valence-electron chi connectivity index (χ4n) is 2.27. The molecule has 3 aromatic rings. The molecule has 0 bridgehead atoms. The Morgan fingerprint density at radius 3 is 2.42 bits per heavy atom. The molecule has 2 amide bonds. The number of amides is 2. The van der Waals surface area contributed by atoms with Gasteiger partial charge in [-0.1, -0.05) is 48.5 Å². The van der Waals surface area contributed by atoms with Gasteiger partial charge < -0.3 is 10.6 Å². The molecule has 0 aliphatic rings. The molecule has 0 atom stereocenters. The van der Waals surface area contributed by atoms with Crippen molar-refractivity contribution in [2.24, 2.45) is 0 Å². The second-order valence-corrected chi connectivity index (χ2v) is 5.19. The van der Waals surface area contributed by atoms with E-state index in [9.17, 15) is 4.79 Å². The number of carbonyl (C=O) groups is 1. The third-order valence-electron chi connectivity index (χ3n) is 3.48. The van der Waals surface area contributed by atoms with Crippen LogP contribution in [0, 0.1) is 0 Å². The second kappa shape index (κ2) is 7.87. The third kappa shape index (κ3) is 4.16. The average molecular weight is 322 g/mol. The van der Waals surface area contributed by atoms with Crippen LogP contribution in [0.5, 0.6) is 0 Å². The second-order valence-electron chi connectivity index (χ2n) is 5.19. The first-order valence-electron chi connectivity index (χ1n) is 7.71. The van der Waals surface area contributed by atoms with E-state index < -0.39 is 0 Å².